The van der Waals surface area contributed by atoms with Crippen molar-refractivity contribution in [3.63, 3.8) is 0 Å². The van der Waals surface area contributed by atoms with Gasteiger partial charge in [0.15, 0.2) is 0 Å². The van der Waals surface area contributed by atoms with Crippen molar-refractivity contribution in [2.45, 2.75) is 51.7 Å². The van der Waals surface area contributed by atoms with Crippen LogP contribution < -0.4 is 5.32 Å². The third-order valence-electron chi connectivity index (χ3n) is 4.31. The van der Waals surface area contributed by atoms with Gasteiger partial charge in [0.2, 0.25) is 0 Å². The second-order valence-corrected chi connectivity index (χ2v) is 6.32. The highest BCUT2D eigenvalue weighted by Crippen LogP contribution is 2.41. The number of aliphatic carboxylic acids is 1. The molecule has 1 aliphatic carbocycles. The number of amides is 1. The van der Waals surface area contributed by atoms with Crippen molar-refractivity contribution in [1.29, 1.82) is 0 Å². The largest absolute Gasteiger partial charge is 0.480 e. The molecule has 0 heterocycles. The van der Waals surface area contributed by atoms with Gasteiger partial charge in [-0.15, -0.1) is 0 Å². The highest BCUT2D eigenvalue weighted by Gasteiger charge is 2.35. The molecule has 1 aromatic carbocycles. The fourth-order valence-corrected chi connectivity index (χ4v) is 3.03. The van der Waals surface area contributed by atoms with E-state index in [1.165, 1.54) is 0 Å². The highest BCUT2D eigenvalue weighted by atomic mass is 16.5. The maximum atomic E-state index is 11.8. The monoisotopic (exact) mass is 305 g/mol. The van der Waals surface area contributed by atoms with Crippen LogP contribution in [0.1, 0.15) is 44.6 Å². The molecule has 0 spiro atoms. The summed E-state index contributed by atoms with van der Waals surface area (Å²) in [4.78, 5) is 23.2. The van der Waals surface area contributed by atoms with Gasteiger partial charge in [0, 0.05) is 0 Å². The number of alkyl carbamates (subject to hydrolysis) is 1. The summed E-state index contributed by atoms with van der Waals surface area (Å²) in [7, 11) is 0. The molecule has 5 nitrogen and oxygen atoms in total. The quantitative estimate of drug-likeness (QED) is 0.845. The van der Waals surface area contributed by atoms with Crippen LogP contribution in [0.2, 0.25) is 0 Å². The number of hydrogen-bond acceptors (Lipinski definition) is 3. The van der Waals surface area contributed by atoms with Gasteiger partial charge in [0.25, 0.3) is 0 Å². The van der Waals surface area contributed by atoms with Crippen molar-refractivity contribution in [1.82, 2.24) is 5.32 Å². The normalized spacial score (nSPS) is 17.7. The summed E-state index contributed by atoms with van der Waals surface area (Å²) in [5.74, 6) is -1.01. The Morgan fingerprint density at radius 1 is 1.27 bits per heavy atom. The minimum absolute atomic E-state index is 0.00420. The lowest BCUT2D eigenvalue weighted by Crippen LogP contribution is -2.43. The van der Waals surface area contributed by atoms with Gasteiger partial charge < -0.3 is 15.2 Å². The average molecular weight is 305 g/mol. The highest BCUT2D eigenvalue weighted by molar-refractivity contribution is 5.79. The van der Waals surface area contributed by atoms with Gasteiger partial charge in [0.1, 0.15) is 12.6 Å². The summed E-state index contributed by atoms with van der Waals surface area (Å²) in [6, 6.07) is 8.40. The molecule has 1 atom stereocenters. The van der Waals surface area contributed by atoms with Crippen LogP contribution in [-0.4, -0.2) is 23.2 Å². The topological polar surface area (TPSA) is 75.6 Å². The van der Waals surface area contributed by atoms with Gasteiger partial charge in [-0.3, -0.25) is 0 Å². The molecule has 1 amide bonds. The zero-order valence-electron chi connectivity index (χ0n) is 12.9. The van der Waals surface area contributed by atoms with Gasteiger partial charge in [-0.05, 0) is 30.2 Å². The van der Waals surface area contributed by atoms with Gasteiger partial charge >= 0.3 is 12.1 Å². The lowest BCUT2D eigenvalue weighted by molar-refractivity contribution is -0.140. The molecule has 2 N–H and O–H groups in total. The number of nitrogens with one attached hydrogen (secondary N) is 1. The van der Waals surface area contributed by atoms with E-state index in [9.17, 15) is 14.7 Å². The van der Waals surface area contributed by atoms with Crippen LogP contribution in [0.25, 0.3) is 0 Å². The first-order valence-corrected chi connectivity index (χ1v) is 7.69. The fourth-order valence-electron chi connectivity index (χ4n) is 3.03. The van der Waals surface area contributed by atoms with Crippen molar-refractivity contribution in [3.05, 3.63) is 35.9 Å². The maximum absolute atomic E-state index is 11.8. The summed E-state index contributed by atoms with van der Waals surface area (Å²) < 4.78 is 5.09. The molecule has 0 aromatic heterocycles. The zero-order valence-corrected chi connectivity index (χ0v) is 12.9. The Morgan fingerprint density at radius 3 is 2.50 bits per heavy atom. The van der Waals surface area contributed by atoms with E-state index in [-0.39, 0.29) is 12.0 Å². The lowest BCUT2D eigenvalue weighted by atomic mass is 9.82. The molecule has 0 saturated heterocycles. The summed E-state index contributed by atoms with van der Waals surface area (Å²) in [5, 5.41) is 11.8. The third kappa shape index (κ3) is 4.76. The molecular weight excluding hydrogens is 282 g/mol. The van der Waals surface area contributed by atoms with E-state index in [1.807, 2.05) is 30.3 Å². The zero-order chi connectivity index (χ0) is 16.0. The minimum Gasteiger partial charge on any atom is -0.480 e. The molecular formula is C17H23NO4. The van der Waals surface area contributed by atoms with E-state index >= 15 is 0 Å². The van der Waals surface area contributed by atoms with Crippen LogP contribution in [0.15, 0.2) is 30.3 Å². The third-order valence-corrected chi connectivity index (χ3v) is 4.31. The molecule has 1 aromatic rings. The van der Waals surface area contributed by atoms with Crippen LogP contribution >= 0.6 is 0 Å². The maximum Gasteiger partial charge on any atom is 0.408 e. The van der Waals surface area contributed by atoms with Crippen LogP contribution in [-0.2, 0) is 16.1 Å². The Labute approximate surface area is 130 Å². The molecule has 1 saturated carbocycles. The number of carboxylic acid groups (broad SMARTS) is 1. The smallest absolute Gasteiger partial charge is 0.408 e. The molecule has 0 unspecified atom stereocenters. The molecule has 120 valence electrons. The molecule has 0 bridgehead atoms. The summed E-state index contributed by atoms with van der Waals surface area (Å²) in [5.41, 5.74) is 0.864. The van der Waals surface area contributed by atoms with Gasteiger partial charge in [0.05, 0.1) is 0 Å². The van der Waals surface area contributed by atoms with Crippen LogP contribution in [0.5, 0.6) is 0 Å². The van der Waals surface area contributed by atoms with Crippen molar-refractivity contribution in [2.24, 2.45) is 5.41 Å². The van der Waals surface area contributed by atoms with Gasteiger partial charge in [-0.1, -0.05) is 50.1 Å². The Bertz CT molecular complexity index is 509. The van der Waals surface area contributed by atoms with E-state index in [0.717, 1.165) is 31.2 Å². The van der Waals surface area contributed by atoms with E-state index in [0.29, 0.717) is 6.42 Å². The molecule has 0 aliphatic heterocycles. The van der Waals surface area contributed by atoms with Crippen LogP contribution in [0, 0.1) is 5.41 Å². The number of carbonyl (C=O) groups excluding carboxylic acids is 1. The number of carbonyl (C=O) groups is 2. The van der Waals surface area contributed by atoms with Crippen LogP contribution in [0.3, 0.4) is 0 Å². The second kappa shape index (κ2) is 7.29. The Kier molecular flexibility index (Phi) is 5.41. The number of hydrogen-bond donors (Lipinski definition) is 2. The number of rotatable bonds is 6. The van der Waals surface area contributed by atoms with E-state index < -0.39 is 18.1 Å². The number of ether oxygens (including phenoxy) is 1. The first kappa shape index (κ1) is 16.3. The van der Waals surface area contributed by atoms with Gasteiger partial charge in [-0.2, -0.15) is 0 Å². The minimum atomic E-state index is -1.01. The lowest BCUT2D eigenvalue weighted by Gasteiger charge is -2.27. The molecule has 5 heteroatoms. The summed E-state index contributed by atoms with van der Waals surface area (Å²) in [6.45, 7) is 2.23. The standard InChI is InChI=1S/C17H23NO4/c1-17(9-5-6-10-17)11-14(15(19)20)18-16(21)22-12-13-7-3-2-4-8-13/h2-4,7-8,14H,5-6,9-12H2,1H3,(H,18,21)(H,19,20)/t14-/m0/s1. The van der Waals surface area contributed by atoms with Crippen LogP contribution in [0.4, 0.5) is 4.79 Å². The molecule has 1 fully saturated rings. The summed E-state index contributed by atoms with van der Waals surface area (Å²) >= 11 is 0. The Balaban J connectivity index is 1.85. The predicted molar refractivity (Wildman–Crippen MR) is 82.4 cm³/mol. The van der Waals surface area contributed by atoms with Gasteiger partial charge in [-0.25, -0.2) is 9.59 Å². The molecule has 1 aliphatic rings. The van der Waals surface area contributed by atoms with Crippen molar-refractivity contribution in [3.8, 4) is 0 Å². The van der Waals surface area contributed by atoms with E-state index in [4.69, 9.17) is 4.74 Å². The molecule has 2 rings (SSSR count). The Hall–Kier alpha value is -2.04. The summed E-state index contributed by atoms with van der Waals surface area (Å²) in [6.07, 6.45) is 4.04. The van der Waals surface area contributed by atoms with E-state index in [1.54, 1.807) is 0 Å². The molecule has 0 radical (unpaired) electrons. The first-order chi connectivity index (χ1) is 10.5. The SMILES string of the molecule is CC1(C[C@H](NC(=O)OCc2ccccc2)C(=O)O)CCCC1. The fraction of sp³-hybridized carbons (Fsp3) is 0.529. The number of carboxylic acids is 1. The second-order valence-electron chi connectivity index (χ2n) is 6.32. The average Bonchev–Trinajstić information content (AvgIpc) is 2.92. The molecule has 22 heavy (non-hydrogen) atoms. The van der Waals surface area contributed by atoms with E-state index in [2.05, 4.69) is 12.2 Å². The number of benzene rings is 1. The van der Waals surface area contributed by atoms with Crippen molar-refractivity contribution < 1.29 is 19.4 Å². The van der Waals surface area contributed by atoms with Crippen molar-refractivity contribution in [2.75, 3.05) is 0 Å². The Morgan fingerprint density at radius 2 is 1.91 bits per heavy atom. The predicted octanol–water partition coefficient (Wildman–Crippen LogP) is 3.34. The van der Waals surface area contributed by atoms with Crippen molar-refractivity contribution >= 4 is 12.1 Å². The first-order valence-electron chi connectivity index (χ1n) is 7.69.